The molecule has 0 saturated heterocycles. The van der Waals surface area contributed by atoms with Crippen LogP contribution in [0.4, 0.5) is 5.69 Å². The van der Waals surface area contributed by atoms with E-state index in [0.29, 0.717) is 17.6 Å². The maximum atomic E-state index is 12.9. The van der Waals surface area contributed by atoms with Gasteiger partial charge in [0, 0.05) is 30.2 Å². The zero-order chi connectivity index (χ0) is 24.5. The standard InChI is InChI=1S/C29H35NO4/c1-4-7-18-30(19-8-5-2)23-16-17-25-24(6-3)26(29(33)34-27(25)20-23)11-9-10-21-12-14-22(15-13-21)28(31)32/h9,11-17,20H,4-8,10,18-19H2,1-3H3,(H,31,32)/b11-9+. The van der Waals surface area contributed by atoms with Crippen LogP contribution in [0.1, 0.15) is 73.5 Å². The Morgan fingerprint density at radius 1 is 1.00 bits per heavy atom. The van der Waals surface area contributed by atoms with Gasteiger partial charge in [-0.3, -0.25) is 0 Å². The fourth-order valence-corrected chi connectivity index (χ4v) is 4.18. The van der Waals surface area contributed by atoms with E-state index in [9.17, 15) is 9.59 Å². The Morgan fingerprint density at radius 3 is 2.26 bits per heavy atom. The summed E-state index contributed by atoms with van der Waals surface area (Å²) in [5.41, 5.74) is 4.23. The van der Waals surface area contributed by atoms with Gasteiger partial charge in [-0.25, -0.2) is 9.59 Å². The molecule has 2 aromatic carbocycles. The van der Waals surface area contributed by atoms with Gasteiger partial charge in [-0.1, -0.05) is 57.9 Å². The number of unbranched alkanes of at least 4 members (excludes halogenated alkanes) is 2. The maximum absolute atomic E-state index is 12.9. The Balaban J connectivity index is 1.89. The fraction of sp³-hybridized carbons (Fsp3) is 0.379. The highest BCUT2D eigenvalue weighted by molar-refractivity contribution is 5.87. The molecule has 0 bridgehead atoms. The number of carbonyl (C=O) groups is 1. The Morgan fingerprint density at radius 2 is 1.68 bits per heavy atom. The lowest BCUT2D eigenvalue weighted by Crippen LogP contribution is -2.25. The molecule has 1 heterocycles. The molecule has 0 atom stereocenters. The molecule has 5 nitrogen and oxygen atoms in total. The molecule has 180 valence electrons. The molecule has 34 heavy (non-hydrogen) atoms. The molecule has 3 aromatic rings. The number of allylic oxidation sites excluding steroid dienone is 1. The Hall–Kier alpha value is -3.34. The highest BCUT2D eigenvalue weighted by Crippen LogP contribution is 2.27. The second-order valence-electron chi connectivity index (χ2n) is 8.62. The van der Waals surface area contributed by atoms with Crippen molar-refractivity contribution in [1.82, 2.24) is 0 Å². The predicted octanol–water partition coefficient (Wildman–Crippen LogP) is 6.72. The van der Waals surface area contributed by atoms with Crippen LogP contribution in [0.15, 0.2) is 57.8 Å². The molecule has 1 aromatic heterocycles. The van der Waals surface area contributed by atoms with Crippen molar-refractivity contribution < 1.29 is 14.3 Å². The second-order valence-corrected chi connectivity index (χ2v) is 8.62. The van der Waals surface area contributed by atoms with Crippen molar-refractivity contribution in [2.75, 3.05) is 18.0 Å². The minimum absolute atomic E-state index is 0.262. The Bertz CT molecular complexity index is 1180. The summed E-state index contributed by atoms with van der Waals surface area (Å²) in [5.74, 6) is -0.939. The third kappa shape index (κ3) is 6.16. The van der Waals surface area contributed by atoms with E-state index in [-0.39, 0.29) is 11.2 Å². The van der Waals surface area contributed by atoms with Crippen LogP contribution in [0.5, 0.6) is 0 Å². The molecule has 0 amide bonds. The van der Waals surface area contributed by atoms with Gasteiger partial charge in [-0.2, -0.15) is 0 Å². The molecular formula is C29H35NO4. The molecule has 0 aliphatic heterocycles. The third-order valence-electron chi connectivity index (χ3n) is 6.16. The van der Waals surface area contributed by atoms with Crippen molar-refractivity contribution >= 4 is 28.7 Å². The number of carboxylic acid groups (broad SMARTS) is 1. The smallest absolute Gasteiger partial charge is 0.343 e. The number of aryl methyl sites for hydroxylation is 1. The summed E-state index contributed by atoms with van der Waals surface area (Å²) < 4.78 is 5.78. The molecule has 0 radical (unpaired) electrons. The number of carboxylic acids is 1. The lowest BCUT2D eigenvalue weighted by atomic mass is 10.0. The average Bonchev–Trinajstić information content (AvgIpc) is 2.84. The molecule has 0 aliphatic carbocycles. The van der Waals surface area contributed by atoms with E-state index in [4.69, 9.17) is 9.52 Å². The van der Waals surface area contributed by atoms with Gasteiger partial charge >= 0.3 is 11.6 Å². The lowest BCUT2D eigenvalue weighted by Gasteiger charge is -2.25. The van der Waals surface area contributed by atoms with E-state index in [1.54, 1.807) is 24.3 Å². The molecule has 0 unspecified atom stereocenters. The number of aromatic carboxylic acids is 1. The topological polar surface area (TPSA) is 70.8 Å². The number of rotatable bonds is 12. The first-order valence-corrected chi connectivity index (χ1v) is 12.3. The third-order valence-corrected chi connectivity index (χ3v) is 6.16. The van der Waals surface area contributed by atoms with Gasteiger partial charge in [-0.15, -0.1) is 0 Å². The summed E-state index contributed by atoms with van der Waals surface area (Å²) in [6.07, 6.45) is 9.64. The predicted molar refractivity (Wildman–Crippen MR) is 140 cm³/mol. The maximum Gasteiger partial charge on any atom is 0.343 e. The number of fused-ring (bicyclic) bond motifs is 1. The van der Waals surface area contributed by atoms with E-state index < -0.39 is 5.97 Å². The van der Waals surface area contributed by atoms with Gasteiger partial charge in [0.05, 0.1) is 11.1 Å². The second kappa shape index (κ2) is 12.2. The van der Waals surface area contributed by atoms with Gasteiger partial charge < -0.3 is 14.4 Å². The molecule has 0 aliphatic rings. The van der Waals surface area contributed by atoms with Gasteiger partial charge in [0.1, 0.15) is 5.58 Å². The molecule has 0 fully saturated rings. The van der Waals surface area contributed by atoms with Crippen molar-refractivity contribution in [2.24, 2.45) is 0 Å². The normalized spacial score (nSPS) is 11.4. The van der Waals surface area contributed by atoms with Crippen LogP contribution in [0.25, 0.3) is 17.0 Å². The van der Waals surface area contributed by atoms with Crippen molar-refractivity contribution in [3.63, 3.8) is 0 Å². The van der Waals surface area contributed by atoms with Crippen LogP contribution >= 0.6 is 0 Å². The van der Waals surface area contributed by atoms with Crippen molar-refractivity contribution in [1.29, 1.82) is 0 Å². The summed E-state index contributed by atoms with van der Waals surface area (Å²) in [7, 11) is 0. The summed E-state index contributed by atoms with van der Waals surface area (Å²) in [4.78, 5) is 26.3. The largest absolute Gasteiger partial charge is 0.478 e. The first-order valence-electron chi connectivity index (χ1n) is 12.3. The zero-order valence-corrected chi connectivity index (χ0v) is 20.5. The number of benzene rings is 2. The summed E-state index contributed by atoms with van der Waals surface area (Å²) >= 11 is 0. The first kappa shape index (κ1) is 25.3. The number of nitrogens with zero attached hydrogens (tertiary/aromatic N) is 1. The van der Waals surface area contributed by atoms with E-state index in [1.165, 1.54) is 0 Å². The van der Waals surface area contributed by atoms with E-state index in [0.717, 1.165) is 67.4 Å². The minimum atomic E-state index is -0.939. The van der Waals surface area contributed by atoms with Crippen LogP contribution in [0.3, 0.4) is 0 Å². The van der Waals surface area contributed by atoms with Crippen LogP contribution in [-0.2, 0) is 12.8 Å². The van der Waals surface area contributed by atoms with Gasteiger partial charge in [0.2, 0.25) is 0 Å². The molecule has 0 spiro atoms. The van der Waals surface area contributed by atoms with Gasteiger partial charge in [0.25, 0.3) is 0 Å². The van der Waals surface area contributed by atoms with Crippen molar-refractivity contribution in [2.45, 2.75) is 59.3 Å². The van der Waals surface area contributed by atoms with Gasteiger partial charge in [0.15, 0.2) is 0 Å². The van der Waals surface area contributed by atoms with E-state index >= 15 is 0 Å². The minimum Gasteiger partial charge on any atom is -0.478 e. The van der Waals surface area contributed by atoms with Crippen LogP contribution in [0.2, 0.25) is 0 Å². The Kier molecular flexibility index (Phi) is 9.08. The van der Waals surface area contributed by atoms with E-state index in [2.05, 4.69) is 37.8 Å². The van der Waals surface area contributed by atoms with Gasteiger partial charge in [-0.05, 0) is 61.1 Å². The Labute approximate surface area is 201 Å². The molecule has 5 heteroatoms. The first-order chi connectivity index (χ1) is 16.5. The number of hydrogen-bond donors (Lipinski definition) is 1. The highest BCUT2D eigenvalue weighted by Gasteiger charge is 2.14. The molecule has 0 saturated carbocycles. The SMILES string of the molecule is CCCCN(CCCC)c1ccc2c(CC)c(/C=C/Cc3ccc(C(=O)O)cc3)c(=O)oc2c1. The summed E-state index contributed by atoms with van der Waals surface area (Å²) in [6, 6.07) is 13.0. The highest BCUT2D eigenvalue weighted by atomic mass is 16.4. The quantitative estimate of drug-likeness (QED) is 0.303. The van der Waals surface area contributed by atoms with Crippen molar-refractivity contribution in [3.05, 3.63) is 81.2 Å². The molecular weight excluding hydrogens is 426 g/mol. The van der Waals surface area contributed by atoms with Crippen LogP contribution < -0.4 is 10.5 Å². The summed E-state index contributed by atoms with van der Waals surface area (Å²) in [5, 5.41) is 10.0. The van der Waals surface area contributed by atoms with Crippen molar-refractivity contribution in [3.8, 4) is 0 Å². The molecule has 1 N–H and O–H groups in total. The monoisotopic (exact) mass is 461 g/mol. The number of hydrogen-bond acceptors (Lipinski definition) is 4. The van der Waals surface area contributed by atoms with Crippen LogP contribution in [0, 0.1) is 0 Å². The average molecular weight is 462 g/mol. The molecule has 3 rings (SSSR count). The lowest BCUT2D eigenvalue weighted by molar-refractivity contribution is 0.0697. The number of anilines is 1. The zero-order valence-electron chi connectivity index (χ0n) is 20.5. The summed E-state index contributed by atoms with van der Waals surface area (Å²) in [6.45, 7) is 8.46. The van der Waals surface area contributed by atoms with Crippen LogP contribution in [-0.4, -0.2) is 24.2 Å². The fourth-order valence-electron chi connectivity index (χ4n) is 4.18. The van der Waals surface area contributed by atoms with E-state index in [1.807, 2.05) is 18.2 Å².